The normalized spacial score (nSPS) is 19.9. The molecule has 4 rings (SSSR count). The van der Waals surface area contributed by atoms with Gasteiger partial charge in [0.15, 0.2) is 0 Å². The Morgan fingerprint density at radius 1 is 1.10 bits per heavy atom. The van der Waals surface area contributed by atoms with Crippen LogP contribution < -0.4 is 0 Å². The van der Waals surface area contributed by atoms with Crippen molar-refractivity contribution in [2.24, 2.45) is 5.10 Å². The minimum absolute atomic E-state index is 0.00503. The van der Waals surface area contributed by atoms with Crippen LogP contribution in [0.25, 0.3) is 0 Å². The van der Waals surface area contributed by atoms with E-state index in [2.05, 4.69) is 5.10 Å². The van der Waals surface area contributed by atoms with Crippen LogP contribution in [0, 0.1) is 0 Å². The van der Waals surface area contributed by atoms with Crippen LogP contribution in [0.2, 0.25) is 5.02 Å². The third-order valence-electron chi connectivity index (χ3n) is 3.85. The number of rotatable bonds is 1. The van der Waals surface area contributed by atoms with Crippen molar-refractivity contribution in [3.05, 3.63) is 70.2 Å². The van der Waals surface area contributed by atoms with Gasteiger partial charge in [-0.1, -0.05) is 41.9 Å². The minimum atomic E-state index is -0.00503. The van der Waals surface area contributed by atoms with Gasteiger partial charge in [0.25, 0.3) is 5.91 Å². The lowest BCUT2D eigenvalue weighted by Gasteiger charge is -2.10. The van der Waals surface area contributed by atoms with Gasteiger partial charge in [-0.3, -0.25) is 4.79 Å². The number of amides is 1. The summed E-state index contributed by atoms with van der Waals surface area (Å²) in [6.07, 6.45) is 0.754. The number of carbonyl (C=O) groups is 1. The standard InChI is InChI=1S/C16H11ClN2O/c17-11-7-5-10(6-8-11)14-9-15-12-3-1-2-4-13(12)16(20)19(15)18-14/h1-8,15H,9H2. The fourth-order valence-electron chi connectivity index (χ4n) is 2.86. The molecule has 1 unspecified atom stereocenters. The van der Waals surface area contributed by atoms with Crippen molar-refractivity contribution in [2.45, 2.75) is 12.5 Å². The van der Waals surface area contributed by atoms with Crippen molar-refractivity contribution < 1.29 is 4.79 Å². The largest absolute Gasteiger partial charge is 0.274 e. The summed E-state index contributed by atoms with van der Waals surface area (Å²) < 4.78 is 0. The maximum Gasteiger partial charge on any atom is 0.274 e. The van der Waals surface area contributed by atoms with E-state index < -0.39 is 0 Å². The molecule has 1 amide bonds. The third kappa shape index (κ3) is 1.60. The average Bonchev–Trinajstić information content (AvgIpc) is 3.01. The second kappa shape index (κ2) is 4.18. The number of nitrogens with zero attached hydrogens (tertiary/aromatic N) is 2. The maximum atomic E-state index is 12.3. The van der Waals surface area contributed by atoms with Crippen LogP contribution in [0.15, 0.2) is 53.6 Å². The maximum absolute atomic E-state index is 12.3. The van der Waals surface area contributed by atoms with Crippen molar-refractivity contribution in [2.75, 3.05) is 0 Å². The summed E-state index contributed by atoms with van der Waals surface area (Å²) >= 11 is 5.90. The van der Waals surface area contributed by atoms with E-state index >= 15 is 0 Å². The summed E-state index contributed by atoms with van der Waals surface area (Å²) in [4.78, 5) is 12.3. The van der Waals surface area contributed by atoms with Crippen LogP contribution in [-0.2, 0) is 0 Å². The summed E-state index contributed by atoms with van der Waals surface area (Å²) in [6, 6.07) is 15.4. The number of hydrogen-bond acceptors (Lipinski definition) is 2. The Balaban J connectivity index is 1.72. The van der Waals surface area contributed by atoms with Crippen LogP contribution in [0.5, 0.6) is 0 Å². The molecular weight excluding hydrogens is 272 g/mol. The highest BCUT2D eigenvalue weighted by Gasteiger charge is 2.41. The van der Waals surface area contributed by atoms with Crippen molar-refractivity contribution in [1.29, 1.82) is 0 Å². The lowest BCUT2D eigenvalue weighted by atomic mass is 9.98. The number of carbonyl (C=O) groups excluding carboxylic acids is 1. The average molecular weight is 283 g/mol. The Bertz CT molecular complexity index is 736. The fourth-order valence-corrected chi connectivity index (χ4v) is 2.99. The van der Waals surface area contributed by atoms with Crippen LogP contribution in [0.4, 0.5) is 0 Å². The Hall–Kier alpha value is -2.13. The van der Waals surface area contributed by atoms with Gasteiger partial charge in [0.1, 0.15) is 0 Å². The molecular formula is C16H11ClN2O. The fraction of sp³-hybridized carbons (Fsp3) is 0.125. The van der Waals surface area contributed by atoms with Crippen molar-refractivity contribution in [3.63, 3.8) is 0 Å². The number of benzene rings is 2. The Morgan fingerprint density at radius 3 is 2.65 bits per heavy atom. The van der Waals surface area contributed by atoms with Gasteiger partial charge in [0.05, 0.1) is 11.8 Å². The highest BCUT2D eigenvalue weighted by Crippen LogP contribution is 2.40. The molecule has 0 bridgehead atoms. The van der Waals surface area contributed by atoms with Gasteiger partial charge in [-0.2, -0.15) is 5.10 Å². The molecule has 2 aliphatic rings. The molecule has 2 aliphatic heterocycles. The summed E-state index contributed by atoms with van der Waals surface area (Å²) in [7, 11) is 0. The molecule has 0 spiro atoms. The minimum Gasteiger partial charge on any atom is -0.267 e. The summed E-state index contributed by atoms with van der Waals surface area (Å²) in [5.74, 6) is -0.00503. The molecule has 0 aliphatic carbocycles. The third-order valence-corrected chi connectivity index (χ3v) is 4.10. The Kier molecular flexibility index (Phi) is 2.44. The molecule has 3 nitrogen and oxygen atoms in total. The van der Waals surface area contributed by atoms with E-state index in [1.807, 2.05) is 48.5 Å². The molecule has 0 saturated carbocycles. The van der Waals surface area contributed by atoms with Crippen molar-refractivity contribution >= 4 is 23.2 Å². The van der Waals surface area contributed by atoms with Gasteiger partial charge >= 0.3 is 0 Å². The number of hydrogen-bond donors (Lipinski definition) is 0. The summed E-state index contributed by atoms with van der Waals surface area (Å²) in [5.41, 5.74) is 3.81. The lowest BCUT2D eigenvalue weighted by Crippen LogP contribution is -2.17. The van der Waals surface area contributed by atoms with E-state index in [1.165, 1.54) is 0 Å². The Morgan fingerprint density at radius 2 is 1.85 bits per heavy atom. The first-order chi connectivity index (χ1) is 9.74. The van der Waals surface area contributed by atoms with Crippen LogP contribution in [0.1, 0.15) is 33.9 Å². The van der Waals surface area contributed by atoms with E-state index in [1.54, 1.807) is 5.01 Å². The van der Waals surface area contributed by atoms with Crippen LogP contribution in [-0.4, -0.2) is 16.6 Å². The highest BCUT2D eigenvalue weighted by molar-refractivity contribution is 6.30. The van der Waals surface area contributed by atoms with E-state index in [0.29, 0.717) is 5.02 Å². The van der Waals surface area contributed by atoms with Gasteiger partial charge in [0.2, 0.25) is 0 Å². The first-order valence-corrected chi connectivity index (χ1v) is 6.88. The van der Waals surface area contributed by atoms with E-state index in [9.17, 15) is 4.79 Å². The van der Waals surface area contributed by atoms with Crippen molar-refractivity contribution in [3.8, 4) is 0 Å². The van der Waals surface area contributed by atoms with E-state index in [-0.39, 0.29) is 11.9 Å². The van der Waals surface area contributed by atoms with Crippen molar-refractivity contribution in [1.82, 2.24) is 5.01 Å². The second-order valence-corrected chi connectivity index (χ2v) is 5.45. The molecule has 4 heteroatoms. The second-order valence-electron chi connectivity index (χ2n) is 5.01. The molecule has 0 fully saturated rings. The van der Waals surface area contributed by atoms with Crippen LogP contribution in [0.3, 0.4) is 0 Å². The monoisotopic (exact) mass is 282 g/mol. The molecule has 20 heavy (non-hydrogen) atoms. The van der Waals surface area contributed by atoms with Gasteiger partial charge < -0.3 is 0 Å². The molecule has 0 N–H and O–H groups in total. The zero-order valence-corrected chi connectivity index (χ0v) is 11.3. The first-order valence-electron chi connectivity index (χ1n) is 6.50. The zero-order chi connectivity index (χ0) is 13.7. The molecule has 98 valence electrons. The van der Waals surface area contributed by atoms with Gasteiger partial charge in [-0.25, -0.2) is 5.01 Å². The molecule has 0 aromatic heterocycles. The molecule has 1 atom stereocenters. The predicted molar refractivity (Wildman–Crippen MR) is 78.0 cm³/mol. The first kappa shape index (κ1) is 11.7. The van der Waals surface area contributed by atoms with Gasteiger partial charge in [-0.05, 0) is 29.3 Å². The quantitative estimate of drug-likeness (QED) is 0.786. The number of hydrazone groups is 1. The molecule has 2 aromatic carbocycles. The zero-order valence-electron chi connectivity index (χ0n) is 10.6. The SMILES string of the molecule is O=C1c2ccccc2C2CC(c3ccc(Cl)cc3)=NN12. The molecule has 0 radical (unpaired) electrons. The van der Waals surface area contributed by atoms with E-state index in [4.69, 9.17) is 11.6 Å². The number of fused-ring (bicyclic) bond motifs is 3. The summed E-state index contributed by atoms with van der Waals surface area (Å²) in [5, 5.41) is 6.81. The Labute approximate surface area is 121 Å². The van der Waals surface area contributed by atoms with E-state index in [0.717, 1.165) is 28.8 Å². The van der Waals surface area contributed by atoms with Gasteiger partial charge in [-0.15, -0.1) is 0 Å². The molecule has 2 aromatic rings. The smallest absolute Gasteiger partial charge is 0.267 e. The highest BCUT2D eigenvalue weighted by atomic mass is 35.5. The topological polar surface area (TPSA) is 32.7 Å². The molecule has 2 heterocycles. The van der Waals surface area contributed by atoms with Gasteiger partial charge in [0, 0.05) is 17.0 Å². The lowest BCUT2D eigenvalue weighted by molar-refractivity contribution is 0.0756. The number of halogens is 1. The predicted octanol–water partition coefficient (Wildman–Crippen LogP) is 3.64. The molecule has 0 saturated heterocycles. The van der Waals surface area contributed by atoms with Crippen LogP contribution >= 0.6 is 11.6 Å². The summed E-state index contributed by atoms with van der Waals surface area (Å²) in [6.45, 7) is 0.